The lowest BCUT2D eigenvalue weighted by molar-refractivity contribution is -0.118. The number of benzene rings is 3. The molecule has 0 atom stereocenters. The zero-order chi connectivity index (χ0) is 26.9. The van der Waals surface area contributed by atoms with Crippen LogP contribution in [0.4, 0.5) is 11.4 Å². The number of hydrogen-bond donors (Lipinski definition) is 2. The normalized spacial score (nSPS) is 10.7. The molecule has 0 spiro atoms. The molecule has 0 saturated heterocycles. The molecule has 2 amide bonds. The maximum absolute atomic E-state index is 12.6. The van der Waals surface area contributed by atoms with Crippen molar-refractivity contribution in [3.63, 3.8) is 0 Å². The zero-order valence-corrected chi connectivity index (χ0v) is 21.3. The molecule has 0 unspecified atom stereocenters. The first-order valence-corrected chi connectivity index (χ1v) is 11.6. The number of nitrogens with one attached hydrogen (secondary N) is 2. The predicted molar refractivity (Wildman–Crippen MR) is 142 cm³/mol. The Balaban J connectivity index is 1.68. The molecular formula is C27H21Cl2N3O5. The van der Waals surface area contributed by atoms with Gasteiger partial charge >= 0.3 is 5.97 Å². The minimum Gasteiger partial charge on any atom is -0.481 e. The number of ether oxygens (including phenoxy) is 2. The molecule has 0 aliphatic rings. The molecule has 0 saturated carbocycles. The van der Waals surface area contributed by atoms with Gasteiger partial charge in [-0.1, -0.05) is 41.4 Å². The van der Waals surface area contributed by atoms with Crippen molar-refractivity contribution in [1.82, 2.24) is 0 Å². The van der Waals surface area contributed by atoms with Crippen LogP contribution in [0.2, 0.25) is 10.0 Å². The maximum Gasteiger partial charge on any atom is 0.337 e. The van der Waals surface area contributed by atoms with E-state index in [1.54, 1.807) is 12.1 Å². The Kier molecular flexibility index (Phi) is 9.27. The van der Waals surface area contributed by atoms with Crippen molar-refractivity contribution in [3.05, 3.63) is 93.0 Å². The second kappa shape index (κ2) is 12.6. The average Bonchev–Trinajstić information content (AvgIpc) is 2.88. The predicted octanol–water partition coefficient (Wildman–Crippen LogP) is 5.65. The second-order valence-electron chi connectivity index (χ2n) is 7.66. The molecule has 0 bridgehead atoms. The third kappa shape index (κ3) is 7.34. The Morgan fingerprint density at radius 2 is 1.65 bits per heavy atom. The van der Waals surface area contributed by atoms with Gasteiger partial charge in [-0.25, -0.2) is 4.79 Å². The van der Waals surface area contributed by atoms with Gasteiger partial charge in [-0.05, 0) is 66.6 Å². The van der Waals surface area contributed by atoms with Gasteiger partial charge in [-0.15, -0.1) is 0 Å². The summed E-state index contributed by atoms with van der Waals surface area (Å²) in [5, 5.41) is 15.0. The maximum atomic E-state index is 12.6. The fraction of sp³-hybridized carbons (Fsp3) is 0.111. The van der Waals surface area contributed by atoms with Gasteiger partial charge in [0, 0.05) is 11.4 Å². The standard InChI is InChI=1S/C27H21Cl2N3O5/c1-16-5-3-4-6-23(16)32-24(33)15-37-25-21(28)12-17(13-22(25)29)11-19(14-30)26(34)31-20-9-7-18(8-10-20)27(35)36-2/h3-13H,15H2,1-2H3,(H,31,34)(H,32,33)/b19-11-. The molecule has 3 aromatic rings. The second-order valence-corrected chi connectivity index (χ2v) is 8.47. The highest BCUT2D eigenvalue weighted by molar-refractivity contribution is 6.37. The van der Waals surface area contributed by atoms with E-state index in [0.29, 0.717) is 22.5 Å². The van der Waals surface area contributed by atoms with Gasteiger partial charge in [0.15, 0.2) is 12.4 Å². The van der Waals surface area contributed by atoms with Crippen LogP contribution in [-0.2, 0) is 14.3 Å². The Labute approximate surface area is 223 Å². The van der Waals surface area contributed by atoms with Crippen LogP contribution in [-0.4, -0.2) is 31.5 Å². The summed E-state index contributed by atoms with van der Waals surface area (Å²) in [6.45, 7) is 1.54. The van der Waals surface area contributed by atoms with Crippen molar-refractivity contribution in [2.45, 2.75) is 6.92 Å². The Bertz CT molecular complexity index is 1390. The van der Waals surface area contributed by atoms with E-state index in [4.69, 9.17) is 27.9 Å². The molecule has 3 rings (SSSR count). The van der Waals surface area contributed by atoms with E-state index in [-0.39, 0.29) is 28.0 Å². The lowest BCUT2D eigenvalue weighted by Crippen LogP contribution is -2.20. The van der Waals surface area contributed by atoms with E-state index in [9.17, 15) is 19.6 Å². The van der Waals surface area contributed by atoms with Gasteiger partial charge in [0.05, 0.1) is 22.7 Å². The molecule has 8 nitrogen and oxygen atoms in total. The molecule has 3 aromatic carbocycles. The molecule has 0 radical (unpaired) electrons. The summed E-state index contributed by atoms with van der Waals surface area (Å²) >= 11 is 12.6. The van der Waals surface area contributed by atoms with E-state index >= 15 is 0 Å². The summed E-state index contributed by atoms with van der Waals surface area (Å²) < 4.78 is 10.1. The van der Waals surface area contributed by atoms with Gasteiger partial charge in [0.2, 0.25) is 0 Å². The van der Waals surface area contributed by atoms with Crippen molar-refractivity contribution in [2.24, 2.45) is 0 Å². The number of para-hydroxylation sites is 1. The lowest BCUT2D eigenvalue weighted by atomic mass is 10.1. The topological polar surface area (TPSA) is 118 Å². The van der Waals surface area contributed by atoms with Gasteiger partial charge in [-0.3, -0.25) is 9.59 Å². The van der Waals surface area contributed by atoms with Crippen LogP contribution in [0.3, 0.4) is 0 Å². The monoisotopic (exact) mass is 537 g/mol. The number of hydrogen-bond acceptors (Lipinski definition) is 6. The highest BCUT2D eigenvalue weighted by Crippen LogP contribution is 2.35. The van der Waals surface area contributed by atoms with E-state index in [2.05, 4.69) is 15.4 Å². The Morgan fingerprint density at radius 3 is 2.24 bits per heavy atom. The number of amides is 2. The molecule has 188 valence electrons. The van der Waals surface area contributed by atoms with E-state index < -0.39 is 17.8 Å². The van der Waals surface area contributed by atoms with Crippen LogP contribution < -0.4 is 15.4 Å². The van der Waals surface area contributed by atoms with Crippen LogP contribution in [0.15, 0.2) is 66.2 Å². The van der Waals surface area contributed by atoms with Crippen LogP contribution in [0.25, 0.3) is 6.08 Å². The van der Waals surface area contributed by atoms with Crippen LogP contribution in [0.5, 0.6) is 5.75 Å². The average molecular weight is 538 g/mol. The quantitative estimate of drug-likeness (QED) is 0.217. The molecule has 37 heavy (non-hydrogen) atoms. The minimum absolute atomic E-state index is 0.0917. The van der Waals surface area contributed by atoms with Crippen LogP contribution >= 0.6 is 23.2 Å². The number of nitriles is 1. The van der Waals surface area contributed by atoms with Crippen molar-refractivity contribution < 1.29 is 23.9 Å². The molecule has 0 fully saturated rings. The smallest absolute Gasteiger partial charge is 0.337 e. The molecule has 0 aliphatic carbocycles. The third-order valence-electron chi connectivity index (χ3n) is 5.03. The molecular weight excluding hydrogens is 517 g/mol. The first-order valence-electron chi connectivity index (χ1n) is 10.8. The van der Waals surface area contributed by atoms with Crippen molar-refractivity contribution >= 4 is 58.4 Å². The van der Waals surface area contributed by atoms with Gasteiger partial charge < -0.3 is 20.1 Å². The lowest BCUT2D eigenvalue weighted by Gasteiger charge is -2.12. The summed E-state index contributed by atoms with van der Waals surface area (Å²) in [5.41, 5.74) is 2.42. The number of carbonyl (C=O) groups excluding carboxylic acids is 3. The number of methoxy groups -OCH3 is 1. The fourth-order valence-electron chi connectivity index (χ4n) is 3.16. The largest absolute Gasteiger partial charge is 0.481 e. The third-order valence-corrected chi connectivity index (χ3v) is 5.59. The summed E-state index contributed by atoms with van der Waals surface area (Å²) in [6, 6.07) is 18.0. The summed E-state index contributed by atoms with van der Waals surface area (Å²) in [5.74, 6) is -1.49. The number of nitrogens with zero attached hydrogens (tertiary/aromatic N) is 1. The number of carbonyl (C=O) groups is 3. The van der Waals surface area contributed by atoms with E-state index in [1.165, 1.54) is 49.6 Å². The van der Waals surface area contributed by atoms with Crippen molar-refractivity contribution in [1.29, 1.82) is 5.26 Å². The SMILES string of the molecule is COC(=O)c1ccc(NC(=O)/C(C#N)=C\c2cc(Cl)c(OCC(=O)Nc3ccccc3C)c(Cl)c2)cc1. The number of esters is 1. The molecule has 10 heteroatoms. The number of anilines is 2. The Hall–Kier alpha value is -4.32. The summed E-state index contributed by atoms with van der Waals surface area (Å²) in [4.78, 5) is 36.4. The first-order chi connectivity index (χ1) is 17.7. The summed E-state index contributed by atoms with van der Waals surface area (Å²) in [7, 11) is 1.27. The van der Waals surface area contributed by atoms with E-state index in [0.717, 1.165) is 5.56 Å². The fourth-order valence-corrected chi connectivity index (χ4v) is 3.77. The van der Waals surface area contributed by atoms with Crippen LogP contribution in [0, 0.1) is 18.3 Å². The van der Waals surface area contributed by atoms with Crippen LogP contribution in [0.1, 0.15) is 21.5 Å². The zero-order valence-electron chi connectivity index (χ0n) is 19.8. The molecule has 0 aliphatic heterocycles. The molecule has 0 heterocycles. The number of aryl methyl sites for hydroxylation is 1. The minimum atomic E-state index is -0.672. The summed E-state index contributed by atoms with van der Waals surface area (Å²) in [6.07, 6.45) is 1.31. The van der Waals surface area contributed by atoms with Crippen molar-refractivity contribution in [3.8, 4) is 11.8 Å². The molecule has 2 N–H and O–H groups in total. The van der Waals surface area contributed by atoms with Gasteiger partial charge in [-0.2, -0.15) is 5.26 Å². The number of halogens is 2. The highest BCUT2D eigenvalue weighted by Gasteiger charge is 2.15. The number of rotatable bonds is 8. The first kappa shape index (κ1) is 27.3. The van der Waals surface area contributed by atoms with Gasteiger partial charge in [0.1, 0.15) is 11.6 Å². The van der Waals surface area contributed by atoms with Gasteiger partial charge in [0.25, 0.3) is 11.8 Å². The Morgan fingerprint density at radius 1 is 1.00 bits per heavy atom. The van der Waals surface area contributed by atoms with E-state index in [1.807, 2.05) is 25.1 Å². The highest BCUT2D eigenvalue weighted by atomic mass is 35.5. The molecule has 0 aromatic heterocycles. The van der Waals surface area contributed by atoms with Crippen molar-refractivity contribution in [2.75, 3.05) is 24.4 Å².